The van der Waals surface area contributed by atoms with Crippen LogP contribution in [0.25, 0.3) is 0 Å². The summed E-state index contributed by atoms with van der Waals surface area (Å²) >= 11 is 0. The van der Waals surface area contributed by atoms with Gasteiger partial charge in [-0.2, -0.15) is 0 Å². The summed E-state index contributed by atoms with van der Waals surface area (Å²) in [5.41, 5.74) is 1.77. The quantitative estimate of drug-likeness (QED) is 0.814. The van der Waals surface area contributed by atoms with Crippen molar-refractivity contribution in [3.63, 3.8) is 0 Å². The Kier molecular flexibility index (Phi) is 5.16. The lowest BCUT2D eigenvalue weighted by molar-refractivity contribution is -0.151. The number of nitrogens with zero attached hydrogens (tertiary/aromatic N) is 4. The van der Waals surface area contributed by atoms with Crippen molar-refractivity contribution in [2.45, 2.75) is 33.0 Å². The van der Waals surface area contributed by atoms with Gasteiger partial charge in [-0.1, -0.05) is 29.8 Å². The molecule has 0 spiro atoms. The number of aryl methyl sites for hydroxylation is 1. The minimum atomic E-state index is -0.547. The van der Waals surface area contributed by atoms with E-state index in [9.17, 15) is 14.4 Å². The number of aromatic nitrogens is 2. The van der Waals surface area contributed by atoms with E-state index in [1.54, 1.807) is 17.9 Å². The van der Waals surface area contributed by atoms with Gasteiger partial charge in [0.25, 0.3) is 0 Å². The molecule has 2 heterocycles. The number of hydrogen-bond acceptors (Lipinski definition) is 4. The van der Waals surface area contributed by atoms with Crippen molar-refractivity contribution in [2.75, 3.05) is 13.1 Å². The van der Waals surface area contributed by atoms with Crippen molar-refractivity contribution < 1.29 is 9.59 Å². The summed E-state index contributed by atoms with van der Waals surface area (Å²) in [6, 6.07) is 9.12. The lowest BCUT2D eigenvalue weighted by Gasteiger charge is -2.39. The molecule has 1 fully saturated rings. The van der Waals surface area contributed by atoms with Crippen molar-refractivity contribution in [1.29, 1.82) is 0 Å². The standard InChI is InChI=1S/C19H22N4O3/c1-14-4-6-16(7-5-14)12-21-10-11-23(15(2)18(21)25)17(24)13-22-9-3-8-20-19(22)26/h3-9,15H,10-13H2,1-2H3. The molecule has 0 saturated carbocycles. The largest absolute Gasteiger partial charge is 0.347 e. The summed E-state index contributed by atoms with van der Waals surface area (Å²) in [4.78, 5) is 43.8. The van der Waals surface area contributed by atoms with Gasteiger partial charge in [-0.3, -0.25) is 14.2 Å². The van der Waals surface area contributed by atoms with Gasteiger partial charge in [-0.05, 0) is 25.5 Å². The molecule has 7 heteroatoms. The maximum atomic E-state index is 12.7. The molecular formula is C19H22N4O3. The molecule has 1 saturated heterocycles. The van der Waals surface area contributed by atoms with Crippen LogP contribution in [0, 0.1) is 6.92 Å². The number of carbonyl (C=O) groups excluding carboxylic acids is 2. The lowest BCUT2D eigenvalue weighted by atomic mass is 10.1. The SMILES string of the molecule is Cc1ccc(CN2CCN(C(=O)Cn3cccnc3=O)C(C)C2=O)cc1. The summed E-state index contributed by atoms with van der Waals surface area (Å²) in [7, 11) is 0. The Bertz CT molecular complexity index is 860. The Morgan fingerprint density at radius 2 is 1.92 bits per heavy atom. The van der Waals surface area contributed by atoms with Gasteiger partial charge in [0, 0.05) is 32.0 Å². The summed E-state index contributed by atoms with van der Waals surface area (Å²) in [6.07, 6.45) is 2.91. The van der Waals surface area contributed by atoms with Crippen LogP contribution >= 0.6 is 0 Å². The number of piperazine rings is 1. The minimum absolute atomic E-state index is 0.0799. The molecule has 7 nitrogen and oxygen atoms in total. The highest BCUT2D eigenvalue weighted by molar-refractivity contribution is 5.88. The highest BCUT2D eigenvalue weighted by atomic mass is 16.2. The fourth-order valence-electron chi connectivity index (χ4n) is 3.09. The van der Waals surface area contributed by atoms with Crippen LogP contribution in [-0.4, -0.2) is 50.3 Å². The van der Waals surface area contributed by atoms with Crippen molar-refractivity contribution in [3.05, 3.63) is 64.3 Å². The minimum Gasteiger partial charge on any atom is -0.335 e. The van der Waals surface area contributed by atoms with E-state index in [1.165, 1.54) is 27.4 Å². The molecule has 1 aliphatic rings. The van der Waals surface area contributed by atoms with Gasteiger partial charge in [0.2, 0.25) is 11.8 Å². The topological polar surface area (TPSA) is 75.5 Å². The van der Waals surface area contributed by atoms with Crippen LogP contribution in [0.4, 0.5) is 0 Å². The maximum absolute atomic E-state index is 12.7. The Morgan fingerprint density at radius 1 is 1.19 bits per heavy atom. The summed E-state index contributed by atoms with van der Waals surface area (Å²) in [6.45, 7) is 5.11. The van der Waals surface area contributed by atoms with Crippen molar-refractivity contribution in [3.8, 4) is 0 Å². The first-order valence-electron chi connectivity index (χ1n) is 8.61. The van der Waals surface area contributed by atoms with E-state index >= 15 is 0 Å². The van der Waals surface area contributed by atoms with Crippen LogP contribution < -0.4 is 5.69 Å². The van der Waals surface area contributed by atoms with E-state index in [0.29, 0.717) is 19.6 Å². The Morgan fingerprint density at radius 3 is 2.62 bits per heavy atom. The molecule has 1 aromatic carbocycles. The number of carbonyl (C=O) groups is 2. The zero-order valence-corrected chi connectivity index (χ0v) is 15.0. The van der Waals surface area contributed by atoms with Crippen LogP contribution in [0.5, 0.6) is 0 Å². The predicted octanol–water partition coefficient (Wildman–Crippen LogP) is 0.811. The second-order valence-corrected chi connectivity index (χ2v) is 6.54. The summed E-state index contributed by atoms with van der Waals surface area (Å²) < 4.78 is 1.25. The molecule has 26 heavy (non-hydrogen) atoms. The number of benzene rings is 1. The first-order chi connectivity index (χ1) is 12.5. The third kappa shape index (κ3) is 3.82. The zero-order chi connectivity index (χ0) is 18.7. The molecule has 1 atom stereocenters. The maximum Gasteiger partial charge on any atom is 0.347 e. The first kappa shape index (κ1) is 17.8. The molecule has 0 radical (unpaired) electrons. The number of hydrogen-bond donors (Lipinski definition) is 0. The summed E-state index contributed by atoms with van der Waals surface area (Å²) in [5.74, 6) is -0.334. The van der Waals surface area contributed by atoms with E-state index in [4.69, 9.17) is 0 Å². The van der Waals surface area contributed by atoms with Gasteiger partial charge in [-0.25, -0.2) is 9.78 Å². The lowest BCUT2D eigenvalue weighted by Crippen LogP contribution is -2.58. The van der Waals surface area contributed by atoms with Crippen LogP contribution in [0.3, 0.4) is 0 Å². The van der Waals surface area contributed by atoms with E-state index in [0.717, 1.165) is 5.56 Å². The molecule has 2 amide bonds. The van der Waals surface area contributed by atoms with Crippen LogP contribution in [-0.2, 0) is 22.7 Å². The Balaban J connectivity index is 1.65. The van der Waals surface area contributed by atoms with Crippen molar-refractivity contribution in [2.24, 2.45) is 0 Å². The molecule has 0 bridgehead atoms. The molecule has 0 N–H and O–H groups in total. The van der Waals surface area contributed by atoms with Crippen molar-refractivity contribution >= 4 is 11.8 Å². The molecule has 1 unspecified atom stereocenters. The number of amides is 2. The Labute approximate surface area is 151 Å². The third-order valence-electron chi connectivity index (χ3n) is 4.65. The van der Waals surface area contributed by atoms with E-state index in [2.05, 4.69) is 4.98 Å². The molecule has 136 valence electrons. The molecule has 0 aliphatic carbocycles. The van der Waals surface area contributed by atoms with Gasteiger partial charge in [0.15, 0.2) is 0 Å². The van der Waals surface area contributed by atoms with Crippen LogP contribution in [0.1, 0.15) is 18.1 Å². The fraction of sp³-hybridized carbons (Fsp3) is 0.368. The molecule has 1 aliphatic heterocycles. The normalized spacial score (nSPS) is 17.5. The monoisotopic (exact) mass is 354 g/mol. The summed E-state index contributed by atoms with van der Waals surface area (Å²) in [5, 5.41) is 0. The molecule has 3 rings (SSSR count). The molecule has 2 aromatic rings. The van der Waals surface area contributed by atoms with Gasteiger partial charge in [0.05, 0.1) is 0 Å². The van der Waals surface area contributed by atoms with Gasteiger partial charge in [-0.15, -0.1) is 0 Å². The van der Waals surface area contributed by atoms with Gasteiger partial charge >= 0.3 is 5.69 Å². The predicted molar refractivity (Wildman–Crippen MR) is 96.3 cm³/mol. The van der Waals surface area contributed by atoms with Crippen LogP contribution in [0.15, 0.2) is 47.5 Å². The highest BCUT2D eigenvalue weighted by Gasteiger charge is 2.34. The van der Waals surface area contributed by atoms with E-state index in [-0.39, 0.29) is 18.4 Å². The highest BCUT2D eigenvalue weighted by Crippen LogP contribution is 2.15. The zero-order valence-electron chi connectivity index (χ0n) is 15.0. The Hall–Kier alpha value is -2.96. The second-order valence-electron chi connectivity index (χ2n) is 6.54. The smallest absolute Gasteiger partial charge is 0.335 e. The average Bonchev–Trinajstić information content (AvgIpc) is 2.63. The molecule has 1 aromatic heterocycles. The second kappa shape index (κ2) is 7.51. The number of rotatable bonds is 4. The van der Waals surface area contributed by atoms with E-state index < -0.39 is 11.7 Å². The average molecular weight is 354 g/mol. The van der Waals surface area contributed by atoms with Crippen molar-refractivity contribution in [1.82, 2.24) is 19.4 Å². The first-order valence-corrected chi connectivity index (χ1v) is 8.61. The van der Waals surface area contributed by atoms with Gasteiger partial charge in [0.1, 0.15) is 12.6 Å². The van der Waals surface area contributed by atoms with Gasteiger partial charge < -0.3 is 9.80 Å². The fourth-order valence-corrected chi connectivity index (χ4v) is 3.09. The molecular weight excluding hydrogens is 332 g/mol. The van der Waals surface area contributed by atoms with Crippen LogP contribution in [0.2, 0.25) is 0 Å². The van der Waals surface area contributed by atoms with E-state index in [1.807, 2.05) is 31.2 Å². The third-order valence-corrected chi connectivity index (χ3v) is 4.65.